The normalized spacial score (nSPS) is 42.1. The highest BCUT2D eigenvalue weighted by molar-refractivity contribution is 5.14. The number of piperidine rings is 2. The third-order valence-corrected chi connectivity index (χ3v) is 5.07. The summed E-state index contributed by atoms with van der Waals surface area (Å²) in [5, 5.41) is 0. The maximum absolute atomic E-state index is 4.26. The SMILES string of the molecule is C=C1CCN2CCCC3CCCCC32C1. The van der Waals surface area contributed by atoms with Crippen LogP contribution in [0.4, 0.5) is 0 Å². The summed E-state index contributed by atoms with van der Waals surface area (Å²) >= 11 is 0. The summed E-state index contributed by atoms with van der Waals surface area (Å²) in [6, 6.07) is 0. The summed E-state index contributed by atoms with van der Waals surface area (Å²) in [5.74, 6) is 0.997. The van der Waals surface area contributed by atoms with Gasteiger partial charge in [0.15, 0.2) is 0 Å². The van der Waals surface area contributed by atoms with E-state index in [4.69, 9.17) is 0 Å². The van der Waals surface area contributed by atoms with Gasteiger partial charge in [0.25, 0.3) is 0 Å². The van der Waals surface area contributed by atoms with Crippen LogP contribution < -0.4 is 0 Å². The van der Waals surface area contributed by atoms with E-state index >= 15 is 0 Å². The van der Waals surface area contributed by atoms with Crippen LogP contribution in [-0.4, -0.2) is 23.5 Å². The number of hydrogen-bond donors (Lipinski definition) is 0. The minimum absolute atomic E-state index is 0.575. The largest absolute Gasteiger partial charge is 0.297 e. The number of rotatable bonds is 0. The summed E-state index contributed by atoms with van der Waals surface area (Å²) in [5.41, 5.74) is 2.10. The van der Waals surface area contributed by atoms with Gasteiger partial charge in [-0.2, -0.15) is 0 Å². The van der Waals surface area contributed by atoms with Gasteiger partial charge in [-0.3, -0.25) is 4.90 Å². The van der Waals surface area contributed by atoms with Crippen LogP contribution in [0.3, 0.4) is 0 Å². The molecule has 0 aromatic heterocycles. The zero-order chi connectivity index (χ0) is 10.3. The van der Waals surface area contributed by atoms with Crippen molar-refractivity contribution in [3.63, 3.8) is 0 Å². The number of hydrogen-bond acceptors (Lipinski definition) is 1. The lowest BCUT2D eigenvalue weighted by Crippen LogP contribution is -2.60. The van der Waals surface area contributed by atoms with Gasteiger partial charge in [-0.15, -0.1) is 0 Å². The van der Waals surface area contributed by atoms with Gasteiger partial charge in [0, 0.05) is 12.1 Å². The van der Waals surface area contributed by atoms with Crippen molar-refractivity contribution >= 4 is 0 Å². The standard InChI is InChI=1S/C14H23N/c1-12-7-10-15-9-4-6-13-5-2-3-8-14(13,15)11-12/h13H,1-11H2. The van der Waals surface area contributed by atoms with Crippen LogP contribution >= 0.6 is 0 Å². The predicted octanol–water partition coefficient (Wildman–Crippen LogP) is 3.36. The van der Waals surface area contributed by atoms with E-state index in [9.17, 15) is 0 Å². The first-order chi connectivity index (χ1) is 7.31. The fourth-order valence-corrected chi connectivity index (χ4v) is 4.37. The van der Waals surface area contributed by atoms with E-state index in [1.807, 2.05) is 0 Å². The second-order valence-electron chi connectivity index (χ2n) is 5.85. The first-order valence-electron chi connectivity index (χ1n) is 6.73. The predicted molar refractivity (Wildman–Crippen MR) is 63.9 cm³/mol. The Morgan fingerprint density at radius 1 is 1.13 bits per heavy atom. The Kier molecular flexibility index (Phi) is 2.39. The first kappa shape index (κ1) is 9.89. The molecule has 0 radical (unpaired) electrons. The molecular formula is C14H23N. The number of nitrogens with zero attached hydrogens (tertiary/aromatic N) is 1. The Balaban J connectivity index is 1.90. The summed E-state index contributed by atoms with van der Waals surface area (Å²) in [4.78, 5) is 2.83. The molecule has 3 rings (SSSR count). The van der Waals surface area contributed by atoms with Crippen LogP contribution in [0.25, 0.3) is 0 Å². The average Bonchev–Trinajstić information content (AvgIpc) is 2.26. The average molecular weight is 205 g/mol. The van der Waals surface area contributed by atoms with Crippen molar-refractivity contribution in [3.8, 4) is 0 Å². The van der Waals surface area contributed by atoms with Crippen molar-refractivity contribution in [2.45, 2.75) is 56.9 Å². The van der Waals surface area contributed by atoms with E-state index in [1.54, 1.807) is 0 Å². The van der Waals surface area contributed by atoms with E-state index in [0.29, 0.717) is 5.54 Å². The summed E-state index contributed by atoms with van der Waals surface area (Å²) < 4.78 is 0. The fourth-order valence-electron chi connectivity index (χ4n) is 4.37. The third-order valence-electron chi connectivity index (χ3n) is 5.07. The van der Waals surface area contributed by atoms with Gasteiger partial charge in [-0.25, -0.2) is 0 Å². The van der Waals surface area contributed by atoms with E-state index < -0.39 is 0 Å². The van der Waals surface area contributed by atoms with Crippen molar-refractivity contribution in [3.05, 3.63) is 12.2 Å². The molecule has 1 nitrogen and oxygen atoms in total. The Morgan fingerprint density at radius 3 is 2.93 bits per heavy atom. The maximum Gasteiger partial charge on any atom is 0.0274 e. The molecule has 2 aliphatic heterocycles. The van der Waals surface area contributed by atoms with Crippen molar-refractivity contribution in [1.29, 1.82) is 0 Å². The van der Waals surface area contributed by atoms with E-state index in [0.717, 1.165) is 5.92 Å². The molecule has 2 unspecified atom stereocenters. The molecule has 1 heteroatoms. The molecule has 0 N–H and O–H groups in total. The van der Waals surface area contributed by atoms with Crippen LogP contribution in [-0.2, 0) is 0 Å². The lowest BCUT2D eigenvalue weighted by atomic mass is 9.63. The molecule has 1 spiro atoms. The molecule has 0 aromatic carbocycles. The van der Waals surface area contributed by atoms with Crippen molar-refractivity contribution in [2.24, 2.45) is 5.92 Å². The van der Waals surface area contributed by atoms with Gasteiger partial charge in [0.1, 0.15) is 0 Å². The molecule has 15 heavy (non-hydrogen) atoms. The minimum atomic E-state index is 0.575. The van der Waals surface area contributed by atoms with Gasteiger partial charge in [0.2, 0.25) is 0 Å². The molecule has 1 aliphatic carbocycles. The molecule has 84 valence electrons. The second-order valence-corrected chi connectivity index (χ2v) is 5.85. The highest BCUT2D eigenvalue weighted by Gasteiger charge is 2.48. The Morgan fingerprint density at radius 2 is 2.00 bits per heavy atom. The monoisotopic (exact) mass is 205 g/mol. The molecule has 1 saturated carbocycles. The van der Waals surface area contributed by atoms with E-state index in [1.165, 1.54) is 70.0 Å². The Hall–Kier alpha value is -0.300. The first-order valence-corrected chi connectivity index (χ1v) is 6.73. The molecule has 0 amide bonds. The summed E-state index contributed by atoms with van der Waals surface area (Å²) in [7, 11) is 0. The molecule has 3 aliphatic rings. The smallest absolute Gasteiger partial charge is 0.0274 e. The van der Waals surface area contributed by atoms with Crippen LogP contribution in [0.5, 0.6) is 0 Å². The maximum atomic E-state index is 4.26. The van der Waals surface area contributed by atoms with Crippen molar-refractivity contribution in [2.75, 3.05) is 13.1 Å². The fraction of sp³-hybridized carbons (Fsp3) is 0.857. The zero-order valence-corrected chi connectivity index (χ0v) is 9.80. The van der Waals surface area contributed by atoms with E-state index in [-0.39, 0.29) is 0 Å². The highest BCUT2D eigenvalue weighted by Crippen LogP contribution is 2.49. The third kappa shape index (κ3) is 1.47. The van der Waals surface area contributed by atoms with Crippen LogP contribution in [0.2, 0.25) is 0 Å². The second kappa shape index (κ2) is 3.62. The van der Waals surface area contributed by atoms with Crippen LogP contribution in [0.1, 0.15) is 51.4 Å². The lowest BCUT2D eigenvalue weighted by Gasteiger charge is -2.57. The topological polar surface area (TPSA) is 3.24 Å². The van der Waals surface area contributed by atoms with Gasteiger partial charge >= 0.3 is 0 Å². The lowest BCUT2D eigenvalue weighted by molar-refractivity contribution is -0.0459. The van der Waals surface area contributed by atoms with Crippen molar-refractivity contribution < 1.29 is 0 Å². The minimum Gasteiger partial charge on any atom is -0.297 e. The zero-order valence-electron chi connectivity index (χ0n) is 9.80. The molecule has 2 atom stereocenters. The summed E-state index contributed by atoms with van der Waals surface area (Å²) in [6.07, 6.45) is 11.4. The molecule has 2 saturated heterocycles. The van der Waals surface area contributed by atoms with Crippen LogP contribution in [0.15, 0.2) is 12.2 Å². The molecular weight excluding hydrogens is 182 g/mol. The van der Waals surface area contributed by atoms with Gasteiger partial charge in [-0.1, -0.05) is 25.0 Å². The van der Waals surface area contributed by atoms with E-state index in [2.05, 4.69) is 11.5 Å². The Bertz CT molecular complexity index is 260. The van der Waals surface area contributed by atoms with Gasteiger partial charge < -0.3 is 0 Å². The molecule has 3 fully saturated rings. The molecule has 0 aromatic rings. The summed E-state index contributed by atoms with van der Waals surface area (Å²) in [6.45, 7) is 6.93. The molecule has 2 heterocycles. The van der Waals surface area contributed by atoms with Crippen molar-refractivity contribution in [1.82, 2.24) is 4.90 Å². The van der Waals surface area contributed by atoms with Gasteiger partial charge in [0.05, 0.1) is 0 Å². The van der Waals surface area contributed by atoms with Crippen LogP contribution in [0, 0.1) is 5.92 Å². The quantitative estimate of drug-likeness (QED) is 0.548. The molecule has 0 bridgehead atoms. The van der Waals surface area contributed by atoms with Gasteiger partial charge in [-0.05, 0) is 51.0 Å². The Labute approximate surface area is 93.5 Å². The highest BCUT2D eigenvalue weighted by atomic mass is 15.2.